The number of halogens is 2. The summed E-state index contributed by atoms with van der Waals surface area (Å²) in [6, 6.07) is 13.8. The Hall–Kier alpha value is -0.660. The number of aryl methyl sites for hydroxylation is 8. The first-order valence-corrected chi connectivity index (χ1v) is 30.1. The molecule has 0 unspecified atom stereocenters. The van der Waals surface area contributed by atoms with Crippen LogP contribution in [0.15, 0.2) is 36.4 Å². The van der Waals surface area contributed by atoms with Gasteiger partial charge in [0.05, 0.1) is 0 Å². The van der Waals surface area contributed by atoms with Gasteiger partial charge in [-0.2, -0.15) is 11.1 Å². The molecule has 0 spiro atoms. The summed E-state index contributed by atoms with van der Waals surface area (Å²) in [4.78, 5) is 0. The topological polar surface area (TPSA) is 0 Å². The molecular weight excluding hydrogens is 695 g/mol. The minimum absolute atomic E-state index is 0.335. The van der Waals surface area contributed by atoms with E-state index in [4.69, 9.17) is 17.0 Å². The molecular formula is C42H60Cl2SiZr-2. The van der Waals surface area contributed by atoms with Crippen molar-refractivity contribution >= 4 is 44.0 Å². The quantitative estimate of drug-likeness (QED) is 0.136. The van der Waals surface area contributed by atoms with Gasteiger partial charge in [0.25, 0.3) is 0 Å². The molecule has 6 rings (SSSR count). The minimum atomic E-state index is -1.95. The van der Waals surface area contributed by atoms with Crippen LogP contribution in [0.4, 0.5) is 0 Å². The van der Waals surface area contributed by atoms with Crippen LogP contribution in [0.1, 0.15) is 135 Å². The maximum absolute atomic E-state index is 6.52. The molecule has 252 valence electrons. The van der Waals surface area contributed by atoms with E-state index in [9.17, 15) is 0 Å². The second-order valence-corrected chi connectivity index (χ2v) is 34.9. The molecule has 2 aliphatic carbocycles. The first-order chi connectivity index (χ1) is 22.1. The third-order valence-electron chi connectivity index (χ3n) is 11.1. The van der Waals surface area contributed by atoms with Gasteiger partial charge in [0, 0.05) is 0 Å². The van der Waals surface area contributed by atoms with Crippen molar-refractivity contribution in [2.75, 3.05) is 0 Å². The Kier molecular flexibility index (Phi) is 15.2. The third kappa shape index (κ3) is 9.31. The van der Waals surface area contributed by atoms with Crippen LogP contribution >= 0.6 is 17.0 Å². The van der Waals surface area contributed by atoms with Crippen molar-refractivity contribution in [2.45, 2.75) is 156 Å². The van der Waals surface area contributed by atoms with Gasteiger partial charge in [-0.15, -0.1) is 68.1 Å². The van der Waals surface area contributed by atoms with Gasteiger partial charge in [0.1, 0.15) is 0 Å². The number of rotatable bonds is 6. The summed E-state index contributed by atoms with van der Waals surface area (Å²) in [5.41, 5.74) is 13.3. The number of hydrogen-bond acceptors (Lipinski definition) is 0. The maximum atomic E-state index is 6.52. The van der Waals surface area contributed by atoms with Crippen LogP contribution in [0.5, 0.6) is 0 Å². The van der Waals surface area contributed by atoms with E-state index in [2.05, 4.69) is 91.8 Å². The fraction of sp³-hybridized carbons (Fsp3) is 0.571. The summed E-state index contributed by atoms with van der Waals surface area (Å²) in [5, 5.41) is 5.93. The first kappa shape index (κ1) is 38.1. The Morgan fingerprint density at radius 1 is 0.609 bits per heavy atom. The summed E-state index contributed by atoms with van der Waals surface area (Å²) >= 11 is -1.95. The summed E-state index contributed by atoms with van der Waals surface area (Å²) in [6.45, 7) is 17.8. The van der Waals surface area contributed by atoms with Gasteiger partial charge in [-0.3, -0.25) is 0 Å². The Morgan fingerprint density at radius 3 is 1.30 bits per heavy atom. The second kappa shape index (κ2) is 18.4. The fourth-order valence-electron chi connectivity index (χ4n) is 8.26. The van der Waals surface area contributed by atoms with Crippen molar-refractivity contribution in [3.05, 3.63) is 80.9 Å². The van der Waals surface area contributed by atoms with Gasteiger partial charge in [0.15, 0.2) is 0 Å². The van der Waals surface area contributed by atoms with Gasteiger partial charge < -0.3 is 0 Å². The molecule has 2 aliphatic rings. The van der Waals surface area contributed by atoms with E-state index in [0.717, 1.165) is 11.1 Å². The molecule has 0 bridgehead atoms. The van der Waals surface area contributed by atoms with Crippen LogP contribution in [0.25, 0.3) is 21.5 Å². The van der Waals surface area contributed by atoms with Crippen molar-refractivity contribution in [1.29, 1.82) is 0 Å². The summed E-state index contributed by atoms with van der Waals surface area (Å²) in [7, 11) is 13.0. The van der Waals surface area contributed by atoms with Crippen molar-refractivity contribution in [3.63, 3.8) is 0 Å². The molecule has 0 nitrogen and oxygen atoms in total. The van der Waals surface area contributed by atoms with E-state index in [1.54, 1.807) is 0 Å². The van der Waals surface area contributed by atoms with E-state index in [1.807, 2.05) is 0 Å². The van der Waals surface area contributed by atoms with Gasteiger partial charge in [-0.05, 0) is 12.8 Å². The molecule has 46 heavy (non-hydrogen) atoms. The Balaban J connectivity index is 0.000000157. The van der Waals surface area contributed by atoms with E-state index >= 15 is 0 Å². The van der Waals surface area contributed by atoms with Gasteiger partial charge in [0.2, 0.25) is 0 Å². The Labute approximate surface area is 297 Å². The normalized spacial score (nSPS) is 15.8. The van der Waals surface area contributed by atoms with Crippen molar-refractivity contribution in [3.8, 4) is 0 Å². The Morgan fingerprint density at radius 2 is 0.978 bits per heavy atom. The van der Waals surface area contributed by atoms with Gasteiger partial charge >= 0.3 is 116 Å². The summed E-state index contributed by atoms with van der Waals surface area (Å²) in [6.07, 6.45) is 19.4. The van der Waals surface area contributed by atoms with Crippen LogP contribution in [0.3, 0.4) is 0 Å². The molecule has 0 aromatic heterocycles. The molecule has 0 heterocycles. The molecule has 2 fully saturated rings. The molecule has 0 amide bonds. The summed E-state index contributed by atoms with van der Waals surface area (Å²) < 4.78 is 0. The first-order valence-electron chi connectivity index (χ1n) is 18.4. The van der Waals surface area contributed by atoms with E-state index in [-0.39, 0.29) is 5.43 Å². The van der Waals surface area contributed by atoms with Crippen LogP contribution in [0.2, 0.25) is 11.1 Å². The summed E-state index contributed by atoms with van der Waals surface area (Å²) in [5.74, 6) is 0. The molecule has 0 aliphatic heterocycles. The second-order valence-electron chi connectivity index (χ2n) is 14.5. The van der Waals surface area contributed by atoms with Crippen LogP contribution < -0.4 is 0 Å². The fourth-order valence-corrected chi connectivity index (χ4v) is 31.4. The van der Waals surface area contributed by atoms with Crippen molar-refractivity contribution < 1.29 is 18.0 Å². The van der Waals surface area contributed by atoms with Crippen molar-refractivity contribution in [2.24, 2.45) is 0 Å². The zero-order valence-corrected chi connectivity index (χ0v) is 35.2. The number of hydrogen-bond donors (Lipinski definition) is 0. The average molecular weight is 755 g/mol. The van der Waals surface area contributed by atoms with Crippen molar-refractivity contribution in [1.82, 2.24) is 0 Å². The molecule has 0 radical (unpaired) electrons. The van der Waals surface area contributed by atoms with E-state index in [1.165, 1.54) is 156 Å². The zero-order chi connectivity index (χ0) is 33.4. The molecule has 4 aromatic carbocycles. The zero-order valence-electron chi connectivity index (χ0n) is 30.3. The predicted molar refractivity (Wildman–Crippen MR) is 207 cm³/mol. The monoisotopic (exact) mass is 752 g/mol. The molecule has 0 N–H and O–H groups in total. The van der Waals surface area contributed by atoms with E-state index in [0.29, 0.717) is 0 Å². The predicted octanol–water partition coefficient (Wildman–Crippen LogP) is 14.4. The van der Waals surface area contributed by atoms with E-state index < -0.39 is 18.0 Å². The molecule has 0 atom stereocenters. The van der Waals surface area contributed by atoms with Crippen LogP contribution in [-0.4, -0.2) is 5.43 Å². The molecule has 4 aromatic rings. The third-order valence-corrected chi connectivity index (χ3v) is 31.4. The Bertz CT molecular complexity index is 1490. The SMILES string of the molecule is CCCc1ccc(C)c2[cH-]c(C)c(C)c12.CCCc1ccc(C)c2[cH-]c(C)c(C)c12.[Cl][Zr]([Cl])=[Si](C1CCCCC1)C1CCCCC1. The number of fused-ring (bicyclic) bond motifs is 2. The molecule has 2 saturated carbocycles. The average Bonchev–Trinajstić information content (AvgIpc) is 3.53. The van der Waals surface area contributed by atoms with Crippen LogP contribution in [-0.2, 0) is 30.8 Å². The standard InChI is InChI=1S/2C15H19.C12H22Si.2ClH.Zr/c2*1-5-6-13-8-7-10(2)14-9-11(3)12(4)15(13)14;1-3-7-11(8-4-1)13-12-9-5-2-6-10-12;;;/h2*7-9H,5-6H2,1-4H3;11-12H,1-10H2;2*1H;/q2*-1;;;;+2/p-2. The number of benzene rings is 2. The van der Waals surface area contributed by atoms with Crippen LogP contribution in [0, 0.1) is 41.5 Å². The van der Waals surface area contributed by atoms with Gasteiger partial charge in [-0.1, -0.05) is 91.5 Å². The van der Waals surface area contributed by atoms with Gasteiger partial charge in [-0.25, -0.2) is 0 Å². The molecule has 4 heteroatoms. The molecule has 0 saturated heterocycles.